The van der Waals surface area contributed by atoms with Crippen molar-refractivity contribution in [3.05, 3.63) is 30.1 Å². The zero-order valence-corrected chi connectivity index (χ0v) is 8.90. The van der Waals surface area contributed by atoms with E-state index in [1.807, 2.05) is 12.4 Å². The van der Waals surface area contributed by atoms with E-state index in [0.717, 1.165) is 5.92 Å². The van der Waals surface area contributed by atoms with Gasteiger partial charge in [-0.15, -0.1) is 0 Å². The van der Waals surface area contributed by atoms with Gasteiger partial charge in [-0.2, -0.15) is 0 Å². The van der Waals surface area contributed by atoms with Crippen molar-refractivity contribution in [3.63, 3.8) is 0 Å². The molecule has 1 saturated carbocycles. The minimum absolute atomic E-state index is 0.439. The van der Waals surface area contributed by atoms with Crippen molar-refractivity contribution in [2.24, 2.45) is 5.92 Å². The molecule has 0 aliphatic heterocycles. The van der Waals surface area contributed by atoms with Gasteiger partial charge in [0.25, 0.3) is 0 Å². The van der Waals surface area contributed by atoms with Gasteiger partial charge in [0.1, 0.15) is 0 Å². The first-order chi connectivity index (χ1) is 6.77. The lowest BCUT2D eigenvalue weighted by Gasteiger charge is -2.19. The molecule has 1 aromatic heterocycles. The topological polar surface area (TPSA) is 24.9 Å². The second-order valence-corrected chi connectivity index (χ2v) is 4.30. The average Bonchev–Trinajstić information content (AvgIpc) is 3.02. The molecule has 1 aliphatic rings. The van der Waals surface area contributed by atoms with Crippen LogP contribution in [0.3, 0.4) is 0 Å². The molecule has 1 fully saturated rings. The number of hydrogen-bond donors (Lipinski definition) is 1. The summed E-state index contributed by atoms with van der Waals surface area (Å²) in [5.74, 6) is 0.916. The Hall–Kier alpha value is -0.890. The fourth-order valence-corrected chi connectivity index (χ4v) is 1.87. The first-order valence-electron chi connectivity index (χ1n) is 5.43. The third kappa shape index (κ3) is 2.32. The van der Waals surface area contributed by atoms with Crippen LogP contribution in [0, 0.1) is 5.92 Å². The number of rotatable bonds is 4. The Morgan fingerprint density at radius 3 is 2.50 bits per heavy atom. The van der Waals surface area contributed by atoms with Crippen molar-refractivity contribution in [1.29, 1.82) is 0 Å². The van der Waals surface area contributed by atoms with E-state index < -0.39 is 0 Å². The first-order valence-corrected chi connectivity index (χ1v) is 5.43. The third-order valence-electron chi connectivity index (χ3n) is 3.05. The lowest BCUT2D eigenvalue weighted by atomic mass is 10.1. The summed E-state index contributed by atoms with van der Waals surface area (Å²) in [5.41, 5.74) is 1.33. The van der Waals surface area contributed by atoms with Crippen molar-refractivity contribution in [2.75, 3.05) is 0 Å². The number of hydrogen-bond acceptors (Lipinski definition) is 2. The SMILES string of the molecule is CC(NC(C)C1CC1)c1ccncc1. The highest BCUT2D eigenvalue weighted by molar-refractivity contribution is 5.14. The largest absolute Gasteiger partial charge is 0.307 e. The van der Waals surface area contributed by atoms with Crippen LogP contribution >= 0.6 is 0 Å². The standard InChI is InChI=1S/C12H18N2/c1-9(11-3-4-11)14-10(2)12-5-7-13-8-6-12/h5-11,14H,3-4H2,1-2H3. The average molecular weight is 190 g/mol. The molecule has 14 heavy (non-hydrogen) atoms. The van der Waals surface area contributed by atoms with Gasteiger partial charge in [-0.3, -0.25) is 4.98 Å². The van der Waals surface area contributed by atoms with Crippen LogP contribution in [0.4, 0.5) is 0 Å². The fourth-order valence-electron chi connectivity index (χ4n) is 1.87. The Morgan fingerprint density at radius 1 is 1.29 bits per heavy atom. The molecular weight excluding hydrogens is 172 g/mol. The number of aromatic nitrogens is 1. The Kier molecular flexibility index (Phi) is 2.82. The van der Waals surface area contributed by atoms with Gasteiger partial charge < -0.3 is 5.32 Å². The maximum atomic E-state index is 4.03. The van der Waals surface area contributed by atoms with Crippen LogP contribution in [-0.4, -0.2) is 11.0 Å². The number of pyridine rings is 1. The highest BCUT2D eigenvalue weighted by atomic mass is 15.0. The zero-order chi connectivity index (χ0) is 9.97. The second-order valence-electron chi connectivity index (χ2n) is 4.30. The van der Waals surface area contributed by atoms with E-state index in [9.17, 15) is 0 Å². The molecule has 2 heteroatoms. The molecular formula is C12H18N2. The van der Waals surface area contributed by atoms with E-state index in [1.54, 1.807) is 0 Å². The van der Waals surface area contributed by atoms with Crippen LogP contribution in [0.2, 0.25) is 0 Å². The third-order valence-corrected chi connectivity index (χ3v) is 3.05. The van der Waals surface area contributed by atoms with E-state index >= 15 is 0 Å². The summed E-state index contributed by atoms with van der Waals surface area (Å²) < 4.78 is 0. The molecule has 0 aromatic carbocycles. The minimum Gasteiger partial charge on any atom is -0.307 e. The summed E-state index contributed by atoms with van der Waals surface area (Å²) in [4.78, 5) is 4.03. The van der Waals surface area contributed by atoms with Gasteiger partial charge in [0.05, 0.1) is 0 Å². The summed E-state index contributed by atoms with van der Waals surface area (Å²) in [5, 5.41) is 3.63. The highest BCUT2D eigenvalue weighted by Crippen LogP contribution is 2.33. The van der Waals surface area contributed by atoms with Crippen molar-refractivity contribution >= 4 is 0 Å². The predicted octanol–water partition coefficient (Wildman–Crippen LogP) is 2.53. The lowest BCUT2D eigenvalue weighted by Crippen LogP contribution is -2.30. The molecule has 0 amide bonds. The zero-order valence-electron chi connectivity index (χ0n) is 8.90. The van der Waals surface area contributed by atoms with Gasteiger partial charge in [0.15, 0.2) is 0 Å². The van der Waals surface area contributed by atoms with E-state index in [1.165, 1.54) is 18.4 Å². The quantitative estimate of drug-likeness (QED) is 0.789. The van der Waals surface area contributed by atoms with Gasteiger partial charge in [-0.05, 0) is 50.3 Å². The Balaban J connectivity index is 1.91. The van der Waals surface area contributed by atoms with Crippen LogP contribution in [0.1, 0.15) is 38.3 Å². The predicted molar refractivity (Wildman–Crippen MR) is 58.0 cm³/mol. The van der Waals surface area contributed by atoms with Crippen LogP contribution in [0.5, 0.6) is 0 Å². The Morgan fingerprint density at radius 2 is 1.93 bits per heavy atom. The Bertz CT molecular complexity index is 280. The molecule has 2 unspecified atom stereocenters. The van der Waals surface area contributed by atoms with E-state index in [-0.39, 0.29) is 0 Å². The van der Waals surface area contributed by atoms with Gasteiger partial charge in [-0.1, -0.05) is 0 Å². The van der Waals surface area contributed by atoms with Gasteiger partial charge >= 0.3 is 0 Å². The van der Waals surface area contributed by atoms with Crippen molar-refractivity contribution in [1.82, 2.24) is 10.3 Å². The molecule has 1 N–H and O–H groups in total. The van der Waals surface area contributed by atoms with E-state index in [2.05, 4.69) is 36.3 Å². The van der Waals surface area contributed by atoms with Crippen molar-refractivity contribution in [3.8, 4) is 0 Å². The summed E-state index contributed by atoms with van der Waals surface area (Å²) in [6, 6.07) is 5.25. The van der Waals surface area contributed by atoms with Gasteiger partial charge in [-0.25, -0.2) is 0 Å². The molecule has 2 atom stereocenters. The van der Waals surface area contributed by atoms with Crippen LogP contribution in [0.15, 0.2) is 24.5 Å². The van der Waals surface area contributed by atoms with Crippen LogP contribution in [-0.2, 0) is 0 Å². The fraction of sp³-hybridized carbons (Fsp3) is 0.583. The maximum absolute atomic E-state index is 4.03. The molecule has 76 valence electrons. The summed E-state index contributed by atoms with van der Waals surface area (Å²) in [6.07, 6.45) is 6.51. The van der Waals surface area contributed by atoms with Gasteiger partial charge in [0.2, 0.25) is 0 Å². The summed E-state index contributed by atoms with van der Waals surface area (Å²) in [7, 11) is 0. The smallest absolute Gasteiger partial charge is 0.0295 e. The van der Waals surface area contributed by atoms with E-state index in [0.29, 0.717) is 12.1 Å². The molecule has 1 heterocycles. The molecule has 2 nitrogen and oxygen atoms in total. The highest BCUT2D eigenvalue weighted by Gasteiger charge is 2.28. The van der Waals surface area contributed by atoms with E-state index in [4.69, 9.17) is 0 Å². The molecule has 0 radical (unpaired) electrons. The molecule has 0 bridgehead atoms. The monoisotopic (exact) mass is 190 g/mol. The summed E-state index contributed by atoms with van der Waals surface area (Å²) in [6.45, 7) is 4.50. The molecule has 1 aliphatic carbocycles. The minimum atomic E-state index is 0.439. The molecule has 0 spiro atoms. The normalized spacial score (nSPS) is 20.4. The first kappa shape index (κ1) is 9.66. The molecule has 0 saturated heterocycles. The van der Waals surface area contributed by atoms with Gasteiger partial charge in [0, 0.05) is 24.5 Å². The Labute approximate surface area is 85.7 Å². The molecule has 1 aromatic rings. The number of nitrogens with zero attached hydrogens (tertiary/aromatic N) is 1. The summed E-state index contributed by atoms with van der Waals surface area (Å²) >= 11 is 0. The van der Waals surface area contributed by atoms with Crippen molar-refractivity contribution < 1.29 is 0 Å². The van der Waals surface area contributed by atoms with Crippen molar-refractivity contribution in [2.45, 2.75) is 38.8 Å². The molecule has 2 rings (SSSR count). The maximum Gasteiger partial charge on any atom is 0.0295 e. The lowest BCUT2D eigenvalue weighted by molar-refractivity contribution is 0.441. The van der Waals surface area contributed by atoms with Crippen LogP contribution in [0.25, 0.3) is 0 Å². The number of nitrogens with one attached hydrogen (secondary N) is 1. The van der Waals surface area contributed by atoms with Crippen LogP contribution < -0.4 is 5.32 Å². The second kappa shape index (κ2) is 4.09.